The molecule has 0 radical (unpaired) electrons. The van der Waals surface area contributed by atoms with Crippen LogP contribution in [0.2, 0.25) is 4.34 Å². The minimum Gasteiger partial charge on any atom is -0.340 e. The number of aromatic nitrogens is 2. The summed E-state index contributed by atoms with van der Waals surface area (Å²) in [4.78, 5) is 22.4. The molecule has 0 N–H and O–H groups in total. The van der Waals surface area contributed by atoms with Crippen LogP contribution in [0, 0.1) is 5.82 Å². The predicted molar refractivity (Wildman–Crippen MR) is 114 cm³/mol. The van der Waals surface area contributed by atoms with Gasteiger partial charge in [0.15, 0.2) is 0 Å². The number of carbonyl (C=O) groups is 1. The molecule has 1 aliphatic rings. The van der Waals surface area contributed by atoms with Gasteiger partial charge >= 0.3 is 0 Å². The van der Waals surface area contributed by atoms with Crippen molar-refractivity contribution in [2.45, 2.75) is 25.8 Å². The SMILES string of the molecule is O=C(CCCc1nc(-c2ccc(F)cc2)no1)N1CCN(Cc2ccc(Cl)s2)CC1. The number of piperazine rings is 1. The molecule has 1 aliphatic heterocycles. The molecule has 4 rings (SSSR count). The average Bonchev–Trinajstić information content (AvgIpc) is 3.38. The summed E-state index contributed by atoms with van der Waals surface area (Å²) in [6, 6.07) is 9.93. The fourth-order valence-electron chi connectivity index (χ4n) is 3.43. The van der Waals surface area contributed by atoms with Crippen molar-refractivity contribution in [3.63, 3.8) is 0 Å². The maximum atomic E-state index is 13.0. The molecule has 1 saturated heterocycles. The van der Waals surface area contributed by atoms with E-state index in [1.54, 1.807) is 23.5 Å². The van der Waals surface area contributed by atoms with Gasteiger partial charge in [0.1, 0.15) is 5.82 Å². The van der Waals surface area contributed by atoms with Crippen LogP contribution in [-0.4, -0.2) is 52.0 Å². The molecule has 1 amide bonds. The predicted octanol–water partition coefficient (Wildman–Crippen LogP) is 4.26. The van der Waals surface area contributed by atoms with Crippen LogP contribution in [0.1, 0.15) is 23.6 Å². The van der Waals surface area contributed by atoms with Crippen molar-refractivity contribution in [3.8, 4) is 11.4 Å². The smallest absolute Gasteiger partial charge is 0.226 e. The average molecular weight is 449 g/mol. The van der Waals surface area contributed by atoms with Crippen molar-refractivity contribution in [2.24, 2.45) is 0 Å². The summed E-state index contributed by atoms with van der Waals surface area (Å²) in [5.41, 5.74) is 0.699. The highest BCUT2D eigenvalue weighted by Gasteiger charge is 2.21. The Morgan fingerprint density at radius 3 is 2.60 bits per heavy atom. The standard InChI is InChI=1S/C21H22ClFN4O2S/c22-18-9-8-17(30-18)14-26-10-12-27(13-11-26)20(28)3-1-2-19-24-21(25-29-19)15-4-6-16(23)7-5-15/h4-9H,1-3,10-14H2. The van der Waals surface area contributed by atoms with E-state index in [0.29, 0.717) is 36.5 Å². The molecule has 1 aromatic carbocycles. The number of nitrogens with zero attached hydrogens (tertiary/aromatic N) is 4. The maximum absolute atomic E-state index is 13.0. The van der Waals surface area contributed by atoms with Gasteiger partial charge in [0, 0.05) is 56.0 Å². The van der Waals surface area contributed by atoms with Gasteiger partial charge in [-0.2, -0.15) is 4.98 Å². The Morgan fingerprint density at radius 1 is 1.13 bits per heavy atom. The first-order valence-corrected chi connectivity index (χ1v) is 11.1. The molecule has 1 fully saturated rings. The second kappa shape index (κ2) is 9.68. The highest BCUT2D eigenvalue weighted by molar-refractivity contribution is 7.16. The highest BCUT2D eigenvalue weighted by atomic mass is 35.5. The van der Waals surface area contributed by atoms with E-state index in [1.807, 2.05) is 11.0 Å². The van der Waals surface area contributed by atoms with Crippen molar-refractivity contribution in [2.75, 3.05) is 26.2 Å². The van der Waals surface area contributed by atoms with Gasteiger partial charge in [-0.05, 0) is 42.8 Å². The number of halogens is 2. The van der Waals surface area contributed by atoms with Crippen molar-refractivity contribution in [3.05, 3.63) is 57.3 Å². The lowest BCUT2D eigenvalue weighted by Gasteiger charge is -2.34. The number of amides is 1. The summed E-state index contributed by atoms with van der Waals surface area (Å²) in [6.45, 7) is 4.10. The van der Waals surface area contributed by atoms with Gasteiger partial charge in [-0.1, -0.05) is 16.8 Å². The second-order valence-electron chi connectivity index (χ2n) is 7.23. The van der Waals surface area contributed by atoms with E-state index in [0.717, 1.165) is 37.1 Å². The molecule has 0 atom stereocenters. The largest absolute Gasteiger partial charge is 0.340 e. The fraction of sp³-hybridized carbons (Fsp3) is 0.381. The zero-order valence-electron chi connectivity index (χ0n) is 16.4. The normalized spacial score (nSPS) is 14.9. The summed E-state index contributed by atoms with van der Waals surface area (Å²) in [5.74, 6) is 0.769. The van der Waals surface area contributed by atoms with Gasteiger partial charge in [-0.15, -0.1) is 11.3 Å². The zero-order chi connectivity index (χ0) is 20.9. The number of benzene rings is 1. The first kappa shape index (κ1) is 21.0. The Hall–Kier alpha value is -2.29. The second-order valence-corrected chi connectivity index (χ2v) is 9.03. The Balaban J connectivity index is 1.19. The van der Waals surface area contributed by atoms with E-state index < -0.39 is 0 Å². The first-order chi connectivity index (χ1) is 14.6. The van der Waals surface area contributed by atoms with Crippen LogP contribution in [-0.2, 0) is 17.8 Å². The Kier molecular flexibility index (Phi) is 6.76. The number of hydrogen-bond donors (Lipinski definition) is 0. The molecule has 0 aliphatic carbocycles. The van der Waals surface area contributed by atoms with Gasteiger partial charge in [0.2, 0.25) is 17.6 Å². The van der Waals surface area contributed by atoms with E-state index in [-0.39, 0.29) is 11.7 Å². The van der Waals surface area contributed by atoms with E-state index >= 15 is 0 Å². The van der Waals surface area contributed by atoms with Crippen LogP contribution < -0.4 is 0 Å². The van der Waals surface area contributed by atoms with Crippen LogP contribution >= 0.6 is 22.9 Å². The third-order valence-corrected chi connectivity index (χ3v) is 6.30. The number of rotatable bonds is 7. The molecule has 0 unspecified atom stereocenters. The number of thiophene rings is 1. The van der Waals surface area contributed by atoms with Crippen LogP contribution in [0.4, 0.5) is 4.39 Å². The van der Waals surface area contributed by atoms with Crippen LogP contribution in [0.3, 0.4) is 0 Å². The Morgan fingerprint density at radius 2 is 1.90 bits per heavy atom. The van der Waals surface area contributed by atoms with E-state index in [1.165, 1.54) is 17.0 Å². The van der Waals surface area contributed by atoms with Gasteiger partial charge in [-0.25, -0.2) is 4.39 Å². The molecule has 0 bridgehead atoms. The summed E-state index contributed by atoms with van der Waals surface area (Å²) in [5, 5.41) is 3.93. The lowest BCUT2D eigenvalue weighted by molar-refractivity contribution is -0.133. The number of carbonyl (C=O) groups excluding carboxylic acids is 1. The lowest BCUT2D eigenvalue weighted by atomic mass is 10.2. The van der Waals surface area contributed by atoms with Gasteiger partial charge in [-0.3, -0.25) is 9.69 Å². The molecular formula is C21H22ClFN4O2S. The topological polar surface area (TPSA) is 62.5 Å². The molecule has 6 nitrogen and oxygen atoms in total. The Bertz CT molecular complexity index is 983. The van der Waals surface area contributed by atoms with Crippen LogP contribution in [0.25, 0.3) is 11.4 Å². The molecule has 0 saturated carbocycles. The lowest BCUT2D eigenvalue weighted by Crippen LogP contribution is -2.48. The van der Waals surface area contributed by atoms with Crippen molar-refractivity contribution < 1.29 is 13.7 Å². The summed E-state index contributed by atoms with van der Waals surface area (Å²) < 4.78 is 19.1. The van der Waals surface area contributed by atoms with Crippen molar-refractivity contribution in [1.29, 1.82) is 0 Å². The molecule has 30 heavy (non-hydrogen) atoms. The van der Waals surface area contributed by atoms with Crippen LogP contribution in [0.15, 0.2) is 40.9 Å². The van der Waals surface area contributed by atoms with Crippen molar-refractivity contribution in [1.82, 2.24) is 19.9 Å². The molecule has 2 aromatic heterocycles. The minimum atomic E-state index is -0.308. The third kappa shape index (κ3) is 5.44. The molecule has 0 spiro atoms. The molecular weight excluding hydrogens is 427 g/mol. The summed E-state index contributed by atoms with van der Waals surface area (Å²) in [7, 11) is 0. The van der Waals surface area contributed by atoms with Gasteiger partial charge in [0.05, 0.1) is 4.34 Å². The summed E-state index contributed by atoms with van der Waals surface area (Å²) in [6.07, 6.45) is 1.64. The zero-order valence-corrected chi connectivity index (χ0v) is 18.0. The molecule has 158 valence electrons. The van der Waals surface area contributed by atoms with Crippen LogP contribution in [0.5, 0.6) is 0 Å². The quantitative estimate of drug-likeness (QED) is 0.540. The van der Waals surface area contributed by atoms with Gasteiger partial charge in [0.25, 0.3) is 0 Å². The molecule has 3 heterocycles. The maximum Gasteiger partial charge on any atom is 0.226 e. The monoisotopic (exact) mass is 448 g/mol. The van der Waals surface area contributed by atoms with Gasteiger partial charge < -0.3 is 9.42 Å². The Labute approximate surface area is 183 Å². The summed E-state index contributed by atoms with van der Waals surface area (Å²) >= 11 is 7.60. The van der Waals surface area contributed by atoms with Crippen molar-refractivity contribution >= 4 is 28.8 Å². The van der Waals surface area contributed by atoms with E-state index in [9.17, 15) is 9.18 Å². The number of aryl methyl sites for hydroxylation is 1. The minimum absolute atomic E-state index is 0.159. The number of hydrogen-bond acceptors (Lipinski definition) is 6. The van der Waals surface area contributed by atoms with E-state index in [2.05, 4.69) is 21.1 Å². The molecule has 3 aromatic rings. The first-order valence-electron chi connectivity index (χ1n) is 9.90. The fourth-order valence-corrected chi connectivity index (χ4v) is 4.56. The third-order valence-electron chi connectivity index (χ3n) is 5.09. The highest BCUT2D eigenvalue weighted by Crippen LogP contribution is 2.23. The van der Waals surface area contributed by atoms with E-state index in [4.69, 9.17) is 16.1 Å². The molecule has 9 heteroatoms.